The number of hydrogen-bond donors (Lipinski definition) is 1. The highest BCUT2D eigenvalue weighted by Gasteiger charge is 2.18. The molecule has 2 N–H and O–H groups in total. The van der Waals surface area contributed by atoms with Crippen LogP contribution in [0.3, 0.4) is 0 Å². The molecule has 0 radical (unpaired) electrons. The van der Waals surface area contributed by atoms with Crippen LogP contribution in [0.15, 0.2) is 23.1 Å². The van der Waals surface area contributed by atoms with Gasteiger partial charge in [-0.1, -0.05) is 31.4 Å². The maximum Gasteiger partial charge on any atom is 0.0620 e. The SMILES string of the molecule is Cc1cccc(S(=O)CC2CCCCC2)c1N. The Balaban J connectivity index is 2.06. The standard InChI is InChI=1S/C14H21NOS/c1-11-6-5-9-13(14(11)15)17(16)10-12-7-3-2-4-8-12/h5-6,9,12H,2-4,7-8,10,15H2,1H3. The number of nitrogens with two attached hydrogens (primary N) is 1. The van der Waals surface area contributed by atoms with Gasteiger partial charge in [0.25, 0.3) is 0 Å². The van der Waals surface area contributed by atoms with Crippen molar-refractivity contribution in [3.05, 3.63) is 23.8 Å². The van der Waals surface area contributed by atoms with Crippen molar-refractivity contribution in [1.82, 2.24) is 0 Å². The molecule has 0 aromatic heterocycles. The number of benzene rings is 1. The zero-order valence-electron chi connectivity index (χ0n) is 10.4. The Morgan fingerprint density at radius 2 is 2.00 bits per heavy atom. The third-order valence-electron chi connectivity index (χ3n) is 3.64. The molecule has 1 aromatic carbocycles. The lowest BCUT2D eigenvalue weighted by Crippen LogP contribution is -2.15. The first-order valence-electron chi connectivity index (χ1n) is 6.42. The van der Waals surface area contributed by atoms with E-state index in [2.05, 4.69) is 0 Å². The fourth-order valence-electron chi connectivity index (χ4n) is 2.51. The smallest absolute Gasteiger partial charge is 0.0620 e. The van der Waals surface area contributed by atoms with Crippen LogP contribution in [0, 0.1) is 12.8 Å². The second-order valence-electron chi connectivity index (χ2n) is 5.00. The van der Waals surface area contributed by atoms with Crippen molar-refractivity contribution >= 4 is 16.5 Å². The summed E-state index contributed by atoms with van der Waals surface area (Å²) in [6, 6.07) is 5.82. The summed E-state index contributed by atoms with van der Waals surface area (Å²) in [4.78, 5) is 0.829. The minimum absolute atomic E-state index is 0.629. The van der Waals surface area contributed by atoms with Gasteiger partial charge in [0.15, 0.2) is 0 Å². The third kappa shape index (κ3) is 3.09. The largest absolute Gasteiger partial charge is 0.398 e. The summed E-state index contributed by atoms with van der Waals surface area (Å²) >= 11 is 0. The average Bonchev–Trinajstić information content (AvgIpc) is 2.34. The maximum absolute atomic E-state index is 12.3. The molecular formula is C14H21NOS. The van der Waals surface area contributed by atoms with Gasteiger partial charge in [-0.2, -0.15) is 0 Å². The van der Waals surface area contributed by atoms with E-state index in [9.17, 15) is 4.21 Å². The Morgan fingerprint density at radius 3 is 2.71 bits per heavy atom. The topological polar surface area (TPSA) is 43.1 Å². The number of anilines is 1. The van der Waals surface area contributed by atoms with Gasteiger partial charge in [0, 0.05) is 5.75 Å². The van der Waals surface area contributed by atoms with Crippen molar-refractivity contribution in [2.75, 3.05) is 11.5 Å². The first-order chi connectivity index (χ1) is 8.18. The van der Waals surface area contributed by atoms with Crippen molar-refractivity contribution < 1.29 is 4.21 Å². The van der Waals surface area contributed by atoms with Gasteiger partial charge in [-0.25, -0.2) is 0 Å². The van der Waals surface area contributed by atoms with Crippen LogP contribution >= 0.6 is 0 Å². The molecule has 1 aliphatic rings. The zero-order valence-corrected chi connectivity index (χ0v) is 11.3. The van der Waals surface area contributed by atoms with Gasteiger partial charge in [0.1, 0.15) is 0 Å². The normalized spacial score (nSPS) is 19.1. The van der Waals surface area contributed by atoms with Crippen molar-refractivity contribution in [3.63, 3.8) is 0 Å². The molecule has 3 heteroatoms. The lowest BCUT2D eigenvalue weighted by atomic mass is 9.91. The van der Waals surface area contributed by atoms with E-state index in [1.165, 1.54) is 32.1 Å². The van der Waals surface area contributed by atoms with Crippen LogP contribution < -0.4 is 5.73 Å². The summed E-state index contributed by atoms with van der Waals surface area (Å²) < 4.78 is 12.3. The summed E-state index contributed by atoms with van der Waals surface area (Å²) in [5.41, 5.74) is 7.73. The average molecular weight is 251 g/mol. The molecule has 1 aromatic rings. The predicted octanol–water partition coefficient (Wildman–Crippen LogP) is 3.27. The summed E-state index contributed by atoms with van der Waals surface area (Å²) in [5, 5.41) is 0. The molecule has 94 valence electrons. The molecule has 1 atom stereocenters. The van der Waals surface area contributed by atoms with Crippen LogP contribution in [0.5, 0.6) is 0 Å². The second-order valence-corrected chi connectivity index (χ2v) is 6.47. The molecule has 17 heavy (non-hydrogen) atoms. The van der Waals surface area contributed by atoms with Crippen molar-refractivity contribution in [2.45, 2.75) is 43.9 Å². The Bertz CT molecular complexity index is 411. The first-order valence-corrected chi connectivity index (χ1v) is 7.74. The van der Waals surface area contributed by atoms with Gasteiger partial charge in [-0.15, -0.1) is 0 Å². The molecule has 1 unspecified atom stereocenters. The third-order valence-corrected chi connectivity index (χ3v) is 5.26. The van der Waals surface area contributed by atoms with Gasteiger partial charge in [0.2, 0.25) is 0 Å². The minimum Gasteiger partial charge on any atom is -0.398 e. The van der Waals surface area contributed by atoms with Gasteiger partial charge in [-0.3, -0.25) is 4.21 Å². The van der Waals surface area contributed by atoms with E-state index < -0.39 is 10.8 Å². The van der Waals surface area contributed by atoms with E-state index in [1.807, 2.05) is 25.1 Å². The molecule has 1 fully saturated rings. The molecule has 2 nitrogen and oxygen atoms in total. The van der Waals surface area contributed by atoms with Gasteiger partial charge in [0.05, 0.1) is 21.4 Å². The monoisotopic (exact) mass is 251 g/mol. The van der Waals surface area contributed by atoms with Gasteiger partial charge < -0.3 is 5.73 Å². The van der Waals surface area contributed by atoms with Crippen LogP contribution in [0.4, 0.5) is 5.69 Å². The number of para-hydroxylation sites is 1. The molecule has 1 saturated carbocycles. The van der Waals surface area contributed by atoms with Crippen molar-refractivity contribution in [3.8, 4) is 0 Å². The van der Waals surface area contributed by atoms with E-state index in [-0.39, 0.29) is 0 Å². The molecule has 1 aliphatic carbocycles. The molecule has 0 spiro atoms. The Hall–Kier alpha value is -0.830. The Labute approximate surface area is 106 Å². The summed E-state index contributed by atoms with van der Waals surface area (Å²) in [6.45, 7) is 1.97. The first kappa shape index (κ1) is 12.6. The van der Waals surface area contributed by atoms with Crippen LogP contribution in [0.25, 0.3) is 0 Å². The molecular weight excluding hydrogens is 230 g/mol. The van der Waals surface area contributed by atoms with Gasteiger partial charge in [-0.05, 0) is 37.3 Å². The van der Waals surface area contributed by atoms with Crippen LogP contribution in [0.1, 0.15) is 37.7 Å². The lowest BCUT2D eigenvalue weighted by Gasteiger charge is -2.21. The quantitative estimate of drug-likeness (QED) is 0.838. The molecule has 0 aliphatic heterocycles. The van der Waals surface area contributed by atoms with E-state index in [0.717, 1.165) is 16.2 Å². The summed E-state index contributed by atoms with van der Waals surface area (Å²) in [7, 11) is -0.928. The summed E-state index contributed by atoms with van der Waals surface area (Å²) in [6.07, 6.45) is 6.40. The number of hydrogen-bond acceptors (Lipinski definition) is 2. The summed E-state index contributed by atoms with van der Waals surface area (Å²) in [5.74, 6) is 1.41. The van der Waals surface area contributed by atoms with E-state index in [1.54, 1.807) is 0 Å². The van der Waals surface area contributed by atoms with E-state index in [4.69, 9.17) is 5.73 Å². The van der Waals surface area contributed by atoms with Crippen molar-refractivity contribution in [2.24, 2.45) is 5.92 Å². The number of aryl methyl sites for hydroxylation is 1. The second kappa shape index (κ2) is 5.67. The highest BCUT2D eigenvalue weighted by atomic mass is 32.2. The van der Waals surface area contributed by atoms with E-state index in [0.29, 0.717) is 11.6 Å². The maximum atomic E-state index is 12.3. The number of rotatable bonds is 3. The molecule has 0 amide bonds. The highest BCUT2D eigenvalue weighted by Crippen LogP contribution is 2.27. The fraction of sp³-hybridized carbons (Fsp3) is 0.571. The molecule has 2 rings (SSSR count). The van der Waals surface area contributed by atoms with Gasteiger partial charge >= 0.3 is 0 Å². The van der Waals surface area contributed by atoms with Crippen LogP contribution in [-0.2, 0) is 10.8 Å². The molecule has 0 heterocycles. The Kier molecular flexibility index (Phi) is 4.21. The predicted molar refractivity (Wildman–Crippen MR) is 73.4 cm³/mol. The van der Waals surface area contributed by atoms with E-state index >= 15 is 0 Å². The van der Waals surface area contributed by atoms with Crippen LogP contribution in [0.2, 0.25) is 0 Å². The van der Waals surface area contributed by atoms with Crippen LogP contribution in [-0.4, -0.2) is 9.96 Å². The van der Waals surface area contributed by atoms with Crippen molar-refractivity contribution in [1.29, 1.82) is 0 Å². The molecule has 0 saturated heterocycles. The molecule has 0 bridgehead atoms. The lowest BCUT2D eigenvalue weighted by molar-refractivity contribution is 0.388. The minimum atomic E-state index is -0.928. The fourth-order valence-corrected chi connectivity index (χ4v) is 4.09. The highest BCUT2D eigenvalue weighted by molar-refractivity contribution is 7.85. The zero-order chi connectivity index (χ0) is 12.3. The number of nitrogen functional groups attached to an aromatic ring is 1. The Morgan fingerprint density at radius 1 is 1.29 bits per heavy atom.